The summed E-state index contributed by atoms with van der Waals surface area (Å²) in [5.74, 6) is 2.27. The lowest BCUT2D eigenvalue weighted by Gasteiger charge is -2.16. The number of Topliss-reactive ketones (excluding diaryl/α,β-unsaturated/α-hetero) is 2. The van der Waals surface area contributed by atoms with E-state index in [0.717, 1.165) is 41.6 Å². The number of H-pyrrole nitrogens is 1. The van der Waals surface area contributed by atoms with E-state index in [0.29, 0.717) is 41.9 Å². The molecule has 2 aromatic rings. The molecule has 3 N–H and O–H groups in total. The predicted octanol–water partition coefficient (Wildman–Crippen LogP) is 10.5. The second-order valence-corrected chi connectivity index (χ2v) is 12.8. The first-order valence-corrected chi connectivity index (χ1v) is 16.6. The van der Waals surface area contributed by atoms with Gasteiger partial charge in [-0.1, -0.05) is 86.8 Å². The van der Waals surface area contributed by atoms with Crippen molar-refractivity contribution in [3.05, 3.63) is 65.5 Å². The fourth-order valence-corrected chi connectivity index (χ4v) is 4.00. The average molecular weight is 687 g/mol. The summed E-state index contributed by atoms with van der Waals surface area (Å²) >= 11 is 0. The quantitative estimate of drug-likeness (QED) is 0.109. The summed E-state index contributed by atoms with van der Waals surface area (Å²) in [6.07, 6.45) is 15.5. The van der Waals surface area contributed by atoms with Gasteiger partial charge in [0.1, 0.15) is 12.6 Å². The van der Waals surface area contributed by atoms with Crippen LogP contribution in [0.25, 0.3) is 12.2 Å². The lowest BCUT2D eigenvalue weighted by Crippen LogP contribution is -2.34. The Bertz CT molecular complexity index is 1210. The molecular formula is C41H70N2O6. The summed E-state index contributed by atoms with van der Waals surface area (Å²) in [5, 5.41) is 0. The summed E-state index contributed by atoms with van der Waals surface area (Å²) in [6, 6.07) is 3.94. The number of aryl methyl sites for hydroxylation is 1. The molecule has 49 heavy (non-hydrogen) atoms. The van der Waals surface area contributed by atoms with Crippen LogP contribution >= 0.6 is 0 Å². The minimum absolute atomic E-state index is 0. The van der Waals surface area contributed by atoms with Crippen molar-refractivity contribution < 1.29 is 28.6 Å². The Hall–Kier alpha value is -3.91. The second-order valence-electron chi connectivity index (χ2n) is 12.8. The Morgan fingerprint density at radius 3 is 1.84 bits per heavy atom. The van der Waals surface area contributed by atoms with Gasteiger partial charge < -0.3 is 29.7 Å². The number of aromatic amines is 1. The molecule has 0 aliphatic rings. The van der Waals surface area contributed by atoms with E-state index in [1.54, 1.807) is 33.6 Å². The third-order valence-corrected chi connectivity index (χ3v) is 5.84. The van der Waals surface area contributed by atoms with Crippen LogP contribution in [0.15, 0.2) is 43.1 Å². The molecule has 8 nitrogen and oxygen atoms in total. The highest BCUT2D eigenvalue weighted by Crippen LogP contribution is 2.38. The minimum Gasteiger partial charge on any atom is -0.493 e. The van der Waals surface area contributed by atoms with Gasteiger partial charge in [-0.05, 0) is 69.2 Å². The Labute approximate surface area is 299 Å². The van der Waals surface area contributed by atoms with E-state index in [1.807, 2.05) is 78.7 Å². The molecule has 0 saturated carbocycles. The van der Waals surface area contributed by atoms with E-state index in [4.69, 9.17) is 24.7 Å². The summed E-state index contributed by atoms with van der Waals surface area (Å²) in [4.78, 5) is 34.3. The standard InChI is InChI=1S/C20H31NO4.C12H15NO.C5H12.C2H6.CH2O.CH4/c1-20(2,21)14-16(22)11-9-7-6-8-10-15-12-17(23-3)19(25-5)18(13-15)24-4;1-4-7-9-10(12(14)6-3)8-13-11(9)5-2;1-5(2,3)4;2*1-2;/h7,9,12-13H,6,8,10-11,14,21H2,1-5H3;4-5,7-8,13H,2,6H2,1,3H3;1-4H3;1-2H3;1H2;1H4/b9-7+;7-4-;;;;. The van der Waals surface area contributed by atoms with Crippen LogP contribution in [0, 0.1) is 5.41 Å². The second kappa shape index (κ2) is 29.0. The van der Waals surface area contributed by atoms with Crippen LogP contribution in [0.4, 0.5) is 0 Å². The number of hydrogen-bond donors (Lipinski definition) is 2. The van der Waals surface area contributed by atoms with E-state index in [9.17, 15) is 9.59 Å². The van der Waals surface area contributed by atoms with Gasteiger partial charge >= 0.3 is 0 Å². The number of nitrogens with two attached hydrogens (primary N) is 1. The zero-order valence-corrected chi connectivity index (χ0v) is 32.3. The van der Waals surface area contributed by atoms with E-state index >= 15 is 0 Å². The molecule has 0 amide bonds. The SMILES string of the molecule is C.C=Cc1[nH]cc(C(=O)CC)c1/C=C\C.C=O.CC.CC(C)(C)C.COc1cc(CCC/C=C/CC(=O)CC(C)(C)N)cc(OC)c1OC. The van der Waals surface area contributed by atoms with E-state index < -0.39 is 5.54 Å². The van der Waals surface area contributed by atoms with Crippen LogP contribution in [0.5, 0.6) is 17.2 Å². The Morgan fingerprint density at radius 1 is 0.939 bits per heavy atom. The molecule has 0 spiro atoms. The van der Waals surface area contributed by atoms with Crippen LogP contribution in [0.2, 0.25) is 0 Å². The Kier molecular flexibility index (Phi) is 30.8. The molecule has 1 aromatic carbocycles. The summed E-state index contributed by atoms with van der Waals surface area (Å²) in [7, 11) is 4.82. The highest BCUT2D eigenvalue weighted by Gasteiger charge is 2.15. The van der Waals surface area contributed by atoms with Gasteiger partial charge in [0.15, 0.2) is 17.3 Å². The summed E-state index contributed by atoms with van der Waals surface area (Å²) in [5.41, 5.74) is 9.63. The molecule has 0 bridgehead atoms. The van der Waals surface area contributed by atoms with Crippen LogP contribution in [-0.2, 0) is 16.0 Å². The molecule has 280 valence electrons. The number of carbonyl (C=O) groups excluding carboxylic acids is 3. The lowest BCUT2D eigenvalue weighted by atomic mass is 9.97. The maximum Gasteiger partial charge on any atom is 0.203 e. The van der Waals surface area contributed by atoms with Gasteiger partial charge in [0, 0.05) is 47.8 Å². The number of ketones is 2. The summed E-state index contributed by atoms with van der Waals surface area (Å²) in [6.45, 7) is 26.0. The number of benzene rings is 1. The van der Waals surface area contributed by atoms with Crippen LogP contribution < -0.4 is 19.9 Å². The average Bonchev–Trinajstić information content (AvgIpc) is 3.45. The molecule has 8 heteroatoms. The van der Waals surface area contributed by atoms with Crippen molar-refractivity contribution in [3.63, 3.8) is 0 Å². The van der Waals surface area contributed by atoms with Crippen molar-refractivity contribution in [2.24, 2.45) is 11.1 Å². The first-order chi connectivity index (χ1) is 22.5. The van der Waals surface area contributed by atoms with E-state index in [2.05, 4.69) is 45.3 Å². The van der Waals surface area contributed by atoms with Gasteiger partial charge in [0.2, 0.25) is 5.75 Å². The van der Waals surface area contributed by atoms with Gasteiger partial charge in [-0.3, -0.25) is 9.59 Å². The number of methoxy groups -OCH3 is 3. The van der Waals surface area contributed by atoms with Crippen LogP contribution in [-0.4, -0.2) is 50.2 Å². The number of ether oxygens (including phenoxy) is 3. The minimum atomic E-state index is -0.433. The van der Waals surface area contributed by atoms with Gasteiger partial charge in [-0.25, -0.2) is 0 Å². The molecule has 0 radical (unpaired) electrons. The third kappa shape index (κ3) is 24.8. The largest absolute Gasteiger partial charge is 0.493 e. The van der Waals surface area contributed by atoms with Gasteiger partial charge in [0.05, 0.1) is 21.3 Å². The maximum atomic E-state index is 11.7. The number of aromatic nitrogens is 1. The zero-order chi connectivity index (χ0) is 37.9. The topological polar surface area (TPSA) is 121 Å². The van der Waals surface area contributed by atoms with Crippen molar-refractivity contribution in [2.75, 3.05) is 21.3 Å². The molecule has 1 heterocycles. The number of allylic oxidation sites excluding steroid dienone is 3. The third-order valence-electron chi connectivity index (χ3n) is 5.84. The molecule has 0 unspecified atom stereocenters. The first kappa shape index (κ1) is 51.9. The number of nitrogens with one attached hydrogen (secondary N) is 1. The fourth-order valence-electron chi connectivity index (χ4n) is 4.00. The molecule has 1 aromatic heterocycles. The monoisotopic (exact) mass is 687 g/mol. The number of hydrogen-bond acceptors (Lipinski definition) is 7. The van der Waals surface area contributed by atoms with E-state index in [-0.39, 0.29) is 19.0 Å². The normalized spacial score (nSPS) is 10.4. The van der Waals surface area contributed by atoms with Crippen molar-refractivity contribution in [1.29, 1.82) is 0 Å². The van der Waals surface area contributed by atoms with Crippen LogP contribution in [0.3, 0.4) is 0 Å². The lowest BCUT2D eigenvalue weighted by molar-refractivity contribution is -0.119. The first-order valence-electron chi connectivity index (χ1n) is 16.6. The molecule has 0 atom stereocenters. The fraction of sp³-hybridized carbons (Fsp3) is 0.537. The van der Waals surface area contributed by atoms with Gasteiger partial charge in [-0.15, -0.1) is 0 Å². The number of carbonyl (C=O) groups is 3. The molecule has 0 aliphatic heterocycles. The number of unbranched alkanes of at least 4 members (excludes halogenated alkanes) is 1. The smallest absolute Gasteiger partial charge is 0.203 e. The molecule has 2 rings (SSSR count). The molecule has 0 aliphatic carbocycles. The van der Waals surface area contributed by atoms with Crippen molar-refractivity contribution in [3.8, 4) is 17.2 Å². The molecule has 0 saturated heterocycles. The summed E-state index contributed by atoms with van der Waals surface area (Å²) < 4.78 is 16.1. The predicted molar refractivity (Wildman–Crippen MR) is 211 cm³/mol. The highest BCUT2D eigenvalue weighted by molar-refractivity contribution is 6.00. The molecule has 0 fully saturated rings. The Balaban J connectivity index is -0.000000354. The van der Waals surface area contributed by atoms with Crippen LogP contribution in [0.1, 0.15) is 136 Å². The van der Waals surface area contributed by atoms with Gasteiger partial charge in [0.25, 0.3) is 0 Å². The Morgan fingerprint density at radius 2 is 1.45 bits per heavy atom. The van der Waals surface area contributed by atoms with Gasteiger partial charge in [-0.2, -0.15) is 0 Å². The van der Waals surface area contributed by atoms with Crippen molar-refractivity contribution >= 4 is 30.5 Å². The highest BCUT2D eigenvalue weighted by atomic mass is 16.5. The van der Waals surface area contributed by atoms with Crippen molar-refractivity contribution in [2.45, 2.75) is 121 Å². The maximum absolute atomic E-state index is 11.7. The zero-order valence-electron chi connectivity index (χ0n) is 32.3. The molecular weight excluding hydrogens is 616 g/mol. The number of rotatable bonds is 15. The van der Waals surface area contributed by atoms with E-state index in [1.165, 1.54) is 0 Å². The van der Waals surface area contributed by atoms with Crippen molar-refractivity contribution in [1.82, 2.24) is 4.98 Å².